The molecule has 0 spiro atoms. The maximum absolute atomic E-state index is 13.3. The van der Waals surface area contributed by atoms with Crippen LogP contribution in [0, 0.1) is 11.7 Å². The van der Waals surface area contributed by atoms with Gasteiger partial charge in [-0.05, 0) is 35.7 Å². The third kappa shape index (κ3) is 2.84. The number of hydrogen-bond donors (Lipinski definition) is 1. The summed E-state index contributed by atoms with van der Waals surface area (Å²) in [5.41, 5.74) is 2.97. The van der Waals surface area contributed by atoms with Crippen LogP contribution in [-0.2, 0) is 0 Å². The second-order valence-electron chi connectivity index (χ2n) is 4.42. The Kier molecular flexibility index (Phi) is 3.43. The standard InChI is InChI=1S/C15H16FN/c1-11(2)9-14(15-7-4-8-17-15)12-5-3-6-13(16)10-12/h3-11,17H,1-2H3. The highest BCUT2D eigenvalue weighted by Crippen LogP contribution is 2.24. The first-order chi connectivity index (χ1) is 8.16. The van der Waals surface area contributed by atoms with E-state index >= 15 is 0 Å². The van der Waals surface area contributed by atoms with E-state index in [-0.39, 0.29) is 5.82 Å². The molecular weight excluding hydrogens is 213 g/mol. The van der Waals surface area contributed by atoms with E-state index in [4.69, 9.17) is 0 Å². The molecule has 0 aliphatic carbocycles. The second-order valence-corrected chi connectivity index (χ2v) is 4.42. The highest BCUT2D eigenvalue weighted by atomic mass is 19.1. The average molecular weight is 229 g/mol. The fourth-order valence-corrected chi connectivity index (χ4v) is 1.83. The average Bonchev–Trinajstić information content (AvgIpc) is 2.79. The maximum atomic E-state index is 13.3. The lowest BCUT2D eigenvalue weighted by atomic mass is 9.99. The number of benzene rings is 1. The summed E-state index contributed by atoms with van der Waals surface area (Å²) in [5, 5.41) is 0. The van der Waals surface area contributed by atoms with E-state index in [0.717, 1.165) is 16.8 Å². The smallest absolute Gasteiger partial charge is 0.123 e. The predicted molar refractivity (Wildman–Crippen MR) is 69.1 cm³/mol. The Hall–Kier alpha value is -1.83. The second kappa shape index (κ2) is 5.00. The Morgan fingerprint density at radius 2 is 2.06 bits per heavy atom. The molecule has 1 aromatic heterocycles. The molecule has 0 unspecified atom stereocenters. The van der Waals surface area contributed by atoms with Crippen molar-refractivity contribution in [1.29, 1.82) is 0 Å². The number of H-pyrrole nitrogens is 1. The summed E-state index contributed by atoms with van der Waals surface area (Å²) >= 11 is 0. The zero-order valence-corrected chi connectivity index (χ0v) is 10.1. The van der Waals surface area contributed by atoms with E-state index in [9.17, 15) is 4.39 Å². The lowest BCUT2D eigenvalue weighted by Crippen LogP contribution is -1.92. The van der Waals surface area contributed by atoms with Gasteiger partial charge < -0.3 is 4.98 Å². The largest absolute Gasteiger partial charge is 0.361 e. The van der Waals surface area contributed by atoms with Gasteiger partial charge in [0.05, 0.1) is 0 Å². The van der Waals surface area contributed by atoms with Crippen LogP contribution in [0.1, 0.15) is 25.1 Å². The fourth-order valence-electron chi connectivity index (χ4n) is 1.83. The van der Waals surface area contributed by atoms with E-state index in [1.807, 2.05) is 24.4 Å². The van der Waals surface area contributed by atoms with Crippen LogP contribution in [0.3, 0.4) is 0 Å². The van der Waals surface area contributed by atoms with E-state index in [1.165, 1.54) is 6.07 Å². The first-order valence-electron chi connectivity index (χ1n) is 5.78. The molecule has 0 saturated carbocycles. The van der Waals surface area contributed by atoms with Crippen molar-refractivity contribution in [3.8, 4) is 0 Å². The first-order valence-corrected chi connectivity index (χ1v) is 5.78. The Morgan fingerprint density at radius 1 is 1.24 bits per heavy atom. The molecule has 0 aliphatic heterocycles. The van der Waals surface area contributed by atoms with E-state index in [2.05, 4.69) is 24.9 Å². The Morgan fingerprint density at radius 3 is 2.65 bits per heavy atom. The van der Waals surface area contributed by atoms with Crippen LogP contribution in [0.4, 0.5) is 4.39 Å². The SMILES string of the molecule is CC(C)C=C(c1cccc(F)c1)c1ccc[nH]1. The molecule has 1 heterocycles. The van der Waals surface area contributed by atoms with Crippen molar-refractivity contribution in [2.24, 2.45) is 5.92 Å². The number of allylic oxidation sites excluding steroid dienone is 1. The van der Waals surface area contributed by atoms with Crippen molar-refractivity contribution in [3.05, 3.63) is 65.7 Å². The van der Waals surface area contributed by atoms with Crippen LogP contribution in [0.5, 0.6) is 0 Å². The summed E-state index contributed by atoms with van der Waals surface area (Å²) in [6, 6.07) is 10.6. The number of hydrogen-bond acceptors (Lipinski definition) is 0. The van der Waals surface area contributed by atoms with E-state index < -0.39 is 0 Å². The maximum Gasteiger partial charge on any atom is 0.123 e. The molecule has 0 atom stereocenters. The summed E-state index contributed by atoms with van der Waals surface area (Å²) in [6.07, 6.45) is 4.02. The fraction of sp³-hybridized carbons (Fsp3) is 0.200. The van der Waals surface area contributed by atoms with Crippen molar-refractivity contribution in [2.75, 3.05) is 0 Å². The molecule has 0 bridgehead atoms. The topological polar surface area (TPSA) is 15.8 Å². The molecule has 2 heteroatoms. The summed E-state index contributed by atoms with van der Waals surface area (Å²) in [5.74, 6) is 0.209. The predicted octanol–water partition coefficient (Wildman–Crippen LogP) is 4.24. The molecule has 0 fully saturated rings. The van der Waals surface area contributed by atoms with Crippen LogP contribution in [0.2, 0.25) is 0 Å². The first kappa shape index (κ1) is 11.6. The van der Waals surface area contributed by atoms with Gasteiger partial charge in [-0.3, -0.25) is 0 Å². The molecule has 88 valence electrons. The lowest BCUT2D eigenvalue weighted by Gasteiger charge is -2.08. The van der Waals surface area contributed by atoms with Gasteiger partial charge in [-0.25, -0.2) is 4.39 Å². The van der Waals surface area contributed by atoms with Crippen molar-refractivity contribution in [3.63, 3.8) is 0 Å². The lowest BCUT2D eigenvalue weighted by molar-refractivity contribution is 0.627. The van der Waals surface area contributed by atoms with Crippen LogP contribution in [-0.4, -0.2) is 4.98 Å². The number of aromatic nitrogens is 1. The minimum Gasteiger partial charge on any atom is -0.361 e. The van der Waals surface area contributed by atoms with Crippen molar-refractivity contribution in [1.82, 2.24) is 4.98 Å². The molecule has 0 aliphatic rings. The molecule has 17 heavy (non-hydrogen) atoms. The van der Waals surface area contributed by atoms with Crippen molar-refractivity contribution in [2.45, 2.75) is 13.8 Å². The van der Waals surface area contributed by atoms with Gasteiger partial charge in [-0.15, -0.1) is 0 Å². The summed E-state index contributed by atoms with van der Waals surface area (Å²) < 4.78 is 13.3. The number of nitrogens with one attached hydrogen (secondary N) is 1. The Bertz CT molecular complexity index is 509. The third-order valence-electron chi connectivity index (χ3n) is 2.52. The molecule has 0 radical (unpaired) electrons. The molecule has 1 nitrogen and oxygen atoms in total. The normalized spacial score (nSPS) is 12.1. The van der Waals surface area contributed by atoms with Crippen LogP contribution >= 0.6 is 0 Å². The minimum atomic E-state index is -0.205. The van der Waals surface area contributed by atoms with Crippen LogP contribution in [0.25, 0.3) is 5.57 Å². The number of halogens is 1. The molecule has 2 rings (SSSR count). The molecule has 1 aromatic carbocycles. The van der Waals surface area contributed by atoms with E-state index in [0.29, 0.717) is 5.92 Å². The third-order valence-corrected chi connectivity index (χ3v) is 2.52. The zero-order valence-electron chi connectivity index (χ0n) is 10.1. The molecular formula is C15H16FN. The highest BCUT2D eigenvalue weighted by molar-refractivity contribution is 5.78. The Balaban J connectivity index is 2.48. The minimum absolute atomic E-state index is 0.205. The highest BCUT2D eigenvalue weighted by Gasteiger charge is 2.07. The quantitative estimate of drug-likeness (QED) is 0.810. The monoisotopic (exact) mass is 229 g/mol. The van der Waals surface area contributed by atoms with Gasteiger partial charge in [0.2, 0.25) is 0 Å². The number of rotatable bonds is 3. The van der Waals surface area contributed by atoms with Crippen molar-refractivity contribution < 1.29 is 4.39 Å². The van der Waals surface area contributed by atoms with Gasteiger partial charge in [0.15, 0.2) is 0 Å². The molecule has 0 amide bonds. The molecule has 0 saturated heterocycles. The van der Waals surface area contributed by atoms with Gasteiger partial charge in [-0.1, -0.05) is 32.1 Å². The molecule has 1 N–H and O–H groups in total. The van der Waals surface area contributed by atoms with Gasteiger partial charge in [-0.2, -0.15) is 0 Å². The summed E-state index contributed by atoms with van der Waals surface area (Å²) in [6.45, 7) is 4.23. The van der Waals surface area contributed by atoms with Gasteiger partial charge in [0.1, 0.15) is 5.82 Å². The Labute approximate surface area is 101 Å². The van der Waals surface area contributed by atoms with Gasteiger partial charge in [0, 0.05) is 17.5 Å². The number of aromatic amines is 1. The van der Waals surface area contributed by atoms with Gasteiger partial charge >= 0.3 is 0 Å². The summed E-state index contributed by atoms with van der Waals surface area (Å²) in [4.78, 5) is 3.17. The molecule has 2 aromatic rings. The van der Waals surface area contributed by atoms with Gasteiger partial charge in [0.25, 0.3) is 0 Å². The van der Waals surface area contributed by atoms with Crippen molar-refractivity contribution >= 4 is 5.57 Å². The zero-order chi connectivity index (χ0) is 12.3. The van der Waals surface area contributed by atoms with Crippen LogP contribution < -0.4 is 0 Å². The summed E-state index contributed by atoms with van der Waals surface area (Å²) in [7, 11) is 0. The van der Waals surface area contributed by atoms with Crippen LogP contribution in [0.15, 0.2) is 48.7 Å². The van der Waals surface area contributed by atoms with E-state index in [1.54, 1.807) is 12.1 Å².